The van der Waals surface area contributed by atoms with Crippen molar-refractivity contribution in [1.29, 1.82) is 0 Å². The molecule has 0 radical (unpaired) electrons. The van der Waals surface area contributed by atoms with Gasteiger partial charge in [-0.2, -0.15) is 0 Å². The Kier molecular flexibility index (Phi) is 6.80. The Hall–Kier alpha value is -2.43. The van der Waals surface area contributed by atoms with E-state index in [2.05, 4.69) is 67.5 Å². The third-order valence-electron chi connectivity index (χ3n) is 4.06. The molecule has 0 atom stereocenters. The van der Waals surface area contributed by atoms with Gasteiger partial charge in [0.25, 0.3) is 0 Å². The molecule has 0 saturated heterocycles. The Balaban J connectivity index is 1.79. The van der Waals surface area contributed by atoms with E-state index in [9.17, 15) is 0 Å². The summed E-state index contributed by atoms with van der Waals surface area (Å²) in [5.41, 5.74) is 2.45. The lowest BCUT2D eigenvalue weighted by molar-refractivity contribution is 0.283. The van der Waals surface area contributed by atoms with Crippen LogP contribution in [0.1, 0.15) is 11.1 Å². The quantitative estimate of drug-likeness (QED) is 0.516. The van der Waals surface area contributed by atoms with Crippen LogP contribution in [0.25, 0.3) is 0 Å². The van der Waals surface area contributed by atoms with Gasteiger partial charge in [0.1, 0.15) is 6.61 Å². The number of rotatable bonds is 8. The van der Waals surface area contributed by atoms with Crippen molar-refractivity contribution in [3.8, 4) is 11.5 Å². The van der Waals surface area contributed by atoms with Crippen molar-refractivity contribution in [3.63, 3.8) is 0 Å². The van der Waals surface area contributed by atoms with E-state index in [0.717, 1.165) is 28.5 Å². The Morgan fingerprint density at radius 2 is 1.59 bits per heavy atom. The smallest absolute Gasteiger partial charge is 0.162 e. The zero-order valence-corrected chi connectivity index (χ0v) is 16.8. The summed E-state index contributed by atoms with van der Waals surface area (Å²) in [6, 6.07) is 24.8. The molecule has 0 heterocycles. The van der Waals surface area contributed by atoms with E-state index in [1.165, 1.54) is 10.5 Å². The van der Waals surface area contributed by atoms with E-state index in [0.29, 0.717) is 6.61 Å². The summed E-state index contributed by atoms with van der Waals surface area (Å²) >= 11 is 1.75. The summed E-state index contributed by atoms with van der Waals surface area (Å²) in [5, 5.41) is 0. The highest BCUT2D eigenvalue weighted by Gasteiger charge is 2.10. The number of hydrogen-bond acceptors (Lipinski definition) is 4. The van der Waals surface area contributed by atoms with Gasteiger partial charge in [-0.15, -0.1) is 0 Å². The minimum absolute atomic E-state index is 0.516. The maximum atomic E-state index is 6.04. The number of nitrogens with zero attached hydrogens (tertiary/aromatic N) is 1. The van der Waals surface area contributed by atoms with Crippen LogP contribution in [-0.4, -0.2) is 26.1 Å². The largest absolute Gasteiger partial charge is 0.493 e. The van der Waals surface area contributed by atoms with Crippen molar-refractivity contribution in [1.82, 2.24) is 4.90 Å². The van der Waals surface area contributed by atoms with Gasteiger partial charge in [-0.25, -0.2) is 0 Å². The van der Waals surface area contributed by atoms with Crippen LogP contribution >= 0.6 is 11.8 Å². The molecule has 0 unspecified atom stereocenters. The summed E-state index contributed by atoms with van der Waals surface area (Å²) in [4.78, 5) is 4.57. The number of benzene rings is 3. The van der Waals surface area contributed by atoms with Crippen molar-refractivity contribution in [2.45, 2.75) is 22.9 Å². The van der Waals surface area contributed by atoms with E-state index in [-0.39, 0.29) is 0 Å². The second kappa shape index (κ2) is 9.49. The van der Waals surface area contributed by atoms with Crippen molar-refractivity contribution in [2.75, 3.05) is 21.2 Å². The fraction of sp³-hybridized carbons (Fsp3) is 0.217. The van der Waals surface area contributed by atoms with Crippen LogP contribution in [0.15, 0.2) is 82.6 Å². The molecule has 0 aliphatic heterocycles. The van der Waals surface area contributed by atoms with Crippen molar-refractivity contribution in [2.24, 2.45) is 0 Å². The Labute approximate surface area is 165 Å². The average Bonchev–Trinajstić information content (AvgIpc) is 2.68. The van der Waals surface area contributed by atoms with Gasteiger partial charge in [0, 0.05) is 16.3 Å². The lowest BCUT2D eigenvalue weighted by Gasteiger charge is -2.15. The summed E-state index contributed by atoms with van der Waals surface area (Å²) in [6.45, 7) is 1.43. The van der Waals surface area contributed by atoms with Gasteiger partial charge in [0.2, 0.25) is 0 Å². The minimum Gasteiger partial charge on any atom is -0.493 e. The molecular weight excluding hydrogens is 354 g/mol. The molecule has 0 aliphatic rings. The number of hydrogen-bond donors (Lipinski definition) is 0. The monoisotopic (exact) mass is 379 g/mol. The highest BCUT2D eigenvalue weighted by Crippen LogP contribution is 2.37. The molecule has 0 fully saturated rings. The molecule has 140 valence electrons. The van der Waals surface area contributed by atoms with E-state index in [4.69, 9.17) is 9.47 Å². The van der Waals surface area contributed by atoms with Gasteiger partial charge in [0.15, 0.2) is 11.5 Å². The lowest BCUT2D eigenvalue weighted by Crippen LogP contribution is -2.11. The van der Waals surface area contributed by atoms with Gasteiger partial charge in [-0.1, -0.05) is 60.3 Å². The molecule has 3 nitrogen and oxygen atoms in total. The normalized spacial score (nSPS) is 10.8. The molecule has 27 heavy (non-hydrogen) atoms. The molecule has 4 heteroatoms. The first kappa shape index (κ1) is 19.3. The molecular formula is C23H25NO2S. The summed E-state index contributed by atoms with van der Waals surface area (Å²) in [7, 11) is 5.85. The summed E-state index contributed by atoms with van der Waals surface area (Å²) in [5.74, 6) is 1.51. The lowest BCUT2D eigenvalue weighted by atomic mass is 10.2. The Morgan fingerprint density at radius 1 is 0.852 bits per heavy atom. The molecule has 3 rings (SSSR count). The third kappa shape index (κ3) is 5.52. The van der Waals surface area contributed by atoms with E-state index < -0.39 is 0 Å². The van der Waals surface area contributed by atoms with E-state index in [1.54, 1.807) is 18.9 Å². The van der Waals surface area contributed by atoms with Crippen LogP contribution in [0.5, 0.6) is 11.5 Å². The molecule has 3 aromatic rings. The zero-order valence-electron chi connectivity index (χ0n) is 16.0. The molecule has 3 aromatic carbocycles. The van der Waals surface area contributed by atoms with E-state index >= 15 is 0 Å². The van der Waals surface area contributed by atoms with Gasteiger partial charge in [-0.05, 0) is 49.5 Å². The zero-order chi connectivity index (χ0) is 19.1. The molecule has 0 N–H and O–H groups in total. The van der Waals surface area contributed by atoms with Crippen LogP contribution in [0.2, 0.25) is 0 Å². The van der Waals surface area contributed by atoms with Crippen LogP contribution in [0.3, 0.4) is 0 Å². The first-order chi connectivity index (χ1) is 13.2. The van der Waals surface area contributed by atoms with Crippen molar-refractivity contribution in [3.05, 3.63) is 83.9 Å². The van der Waals surface area contributed by atoms with Crippen LogP contribution in [0, 0.1) is 0 Å². The maximum Gasteiger partial charge on any atom is 0.162 e. The highest BCUT2D eigenvalue weighted by atomic mass is 32.2. The Morgan fingerprint density at radius 3 is 2.33 bits per heavy atom. The molecule has 0 amide bonds. The van der Waals surface area contributed by atoms with Gasteiger partial charge >= 0.3 is 0 Å². The van der Waals surface area contributed by atoms with Crippen LogP contribution < -0.4 is 9.47 Å². The van der Waals surface area contributed by atoms with Gasteiger partial charge < -0.3 is 14.4 Å². The topological polar surface area (TPSA) is 21.7 Å². The first-order valence-electron chi connectivity index (χ1n) is 8.91. The standard InChI is InChI=1S/C23H25NO2S/c1-24(2)16-19-11-7-8-12-23(19)27-20-13-14-21(25-3)22(15-20)26-17-18-9-5-4-6-10-18/h4-15H,16-17H2,1-3H3. The van der Waals surface area contributed by atoms with Crippen LogP contribution in [0.4, 0.5) is 0 Å². The van der Waals surface area contributed by atoms with Gasteiger partial charge in [-0.3, -0.25) is 0 Å². The predicted octanol–water partition coefficient (Wildman–Crippen LogP) is 5.49. The number of ether oxygens (including phenoxy) is 2. The molecule has 0 saturated carbocycles. The summed E-state index contributed by atoms with van der Waals surface area (Å²) < 4.78 is 11.5. The SMILES string of the molecule is COc1ccc(Sc2ccccc2CN(C)C)cc1OCc1ccccc1. The minimum atomic E-state index is 0.516. The molecule has 0 aromatic heterocycles. The predicted molar refractivity (Wildman–Crippen MR) is 112 cm³/mol. The average molecular weight is 380 g/mol. The fourth-order valence-electron chi connectivity index (χ4n) is 2.77. The third-order valence-corrected chi connectivity index (χ3v) is 5.17. The highest BCUT2D eigenvalue weighted by molar-refractivity contribution is 7.99. The summed E-state index contributed by atoms with van der Waals surface area (Å²) in [6.07, 6.45) is 0. The second-order valence-electron chi connectivity index (χ2n) is 6.53. The maximum absolute atomic E-state index is 6.04. The van der Waals surface area contributed by atoms with Crippen molar-refractivity contribution < 1.29 is 9.47 Å². The first-order valence-corrected chi connectivity index (χ1v) is 9.72. The van der Waals surface area contributed by atoms with E-state index in [1.807, 2.05) is 24.3 Å². The van der Waals surface area contributed by atoms with Crippen LogP contribution in [-0.2, 0) is 13.2 Å². The second-order valence-corrected chi connectivity index (χ2v) is 7.65. The van der Waals surface area contributed by atoms with Gasteiger partial charge in [0.05, 0.1) is 7.11 Å². The number of methoxy groups -OCH3 is 1. The fourth-order valence-corrected chi connectivity index (χ4v) is 3.74. The van der Waals surface area contributed by atoms with Crippen molar-refractivity contribution >= 4 is 11.8 Å². The molecule has 0 spiro atoms. The molecule has 0 aliphatic carbocycles. The Bertz CT molecular complexity index is 865. The molecule has 0 bridgehead atoms.